The Morgan fingerprint density at radius 2 is 1.93 bits per heavy atom. The molecule has 1 heterocycles. The van der Waals surface area contributed by atoms with Crippen molar-refractivity contribution in [3.05, 3.63) is 64.1 Å². The average molecular weight is 478 g/mol. The summed E-state index contributed by atoms with van der Waals surface area (Å²) in [6.07, 6.45) is 3.84. The molecule has 0 aliphatic carbocycles. The van der Waals surface area contributed by atoms with Gasteiger partial charge in [-0.3, -0.25) is 4.79 Å². The van der Waals surface area contributed by atoms with E-state index in [2.05, 4.69) is 37.8 Å². The zero-order valence-electron chi connectivity index (χ0n) is 16.5. The molecule has 1 N–H and O–H groups in total. The van der Waals surface area contributed by atoms with Crippen LogP contribution < -0.4 is 4.72 Å². The van der Waals surface area contributed by atoms with Crippen molar-refractivity contribution in [1.29, 1.82) is 0 Å². The van der Waals surface area contributed by atoms with Gasteiger partial charge >= 0.3 is 0 Å². The van der Waals surface area contributed by atoms with E-state index in [0.717, 1.165) is 33.7 Å². The summed E-state index contributed by atoms with van der Waals surface area (Å²) < 4.78 is 29.1. The number of hydrogen-bond donors (Lipinski definition) is 1. The quantitative estimate of drug-likeness (QED) is 0.487. The van der Waals surface area contributed by atoms with Crippen molar-refractivity contribution in [3.8, 4) is 0 Å². The minimum Gasteiger partial charge on any atom is -0.330 e. The number of nitrogens with zero attached hydrogens (tertiary/aromatic N) is 2. The number of nitrogens with one attached hydrogen (secondary N) is 1. The molecule has 154 valence electrons. The molecule has 29 heavy (non-hydrogen) atoms. The summed E-state index contributed by atoms with van der Waals surface area (Å²) in [6, 6.07) is 12.2. The number of aromatic nitrogens is 2. The number of aryl methyl sites for hydroxylation is 1. The number of rotatable bonds is 8. The smallest absolute Gasteiger partial charge is 0.284 e. The van der Waals surface area contributed by atoms with Crippen LogP contribution in [0.3, 0.4) is 0 Å². The molecule has 6 nitrogen and oxygen atoms in total. The van der Waals surface area contributed by atoms with Gasteiger partial charge in [0.2, 0.25) is 10.0 Å². The molecule has 0 saturated heterocycles. The second-order valence-electron chi connectivity index (χ2n) is 7.02. The van der Waals surface area contributed by atoms with E-state index in [1.807, 2.05) is 35.8 Å². The number of imidazole rings is 1. The third kappa shape index (κ3) is 5.25. The van der Waals surface area contributed by atoms with Crippen molar-refractivity contribution < 1.29 is 13.2 Å². The van der Waals surface area contributed by atoms with Gasteiger partial charge in [0.25, 0.3) is 5.91 Å². The largest absolute Gasteiger partial charge is 0.330 e. The zero-order chi connectivity index (χ0) is 21.0. The fourth-order valence-corrected chi connectivity index (χ4v) is 4.84. The second-order valence-corrected chi connectivity index (χ2v) is 9.65. The van der Waals surface area contributed by atoms with Crippen molar-refractivity contribution in [2.24, 2.45) is 0 Å². The van der Waals surface area contributed by atoms with Crippen molar-refractivity contribution in [2.45, 2.75) is 39.7 Å². The van der Waals surface area contributed by atoms with Crippen LogP contribution in [0.15, 0.2) is 47.1 Å². The molecule has 0 saturated carbocycles. The molecule has 0 fully saturated rings. The monoisotopic (exact) mass is 477 g/mol. The first-order valence-electron chi connectivity index (χ1n) is 9.55. The Hall–Kier alpha value is -2.19. The number of benzene rings is 2. The number of hydrogen-bond acceptors (Lipinski definition) is 4. The molecule has 1 aromatic heterocycles. The standard InChI is InChI=1S/C21H24BrN3O3S/c1-3-4-7-12-29(27,28)24-21(26)19-14-25(15(2)23-19)13-17-11-10-16-8-5-6-9-18(16)20(17)22/h5-6,8-11,14H,3-4,7,12-13H2,1-2H3,(H,24,26). The van der Waals surface area contributed by atoms with Gasteiger partial charge in [0, 0.05) is 17.2 Å². The molecule has 0 atom stereocenters. The highest BCUT2D eigenvalue weighted by molar-refractivity contribution is 9.10. The van der Waals surface area contributed by atoms with Crippen LogP contribution in [0.2, 0.25) is 0 Å². The van der Waals surface area contributed by atoms with Gasteiger partial charge in [-0.15, -0.1) is 0 Å². The van der Waals surface area contributed by atoms with E-state index < -0.39 is 15.9 Å². The van der Waals surface area contributed by atoms with Crippen molar-refractivity contribution in [2.75, 3.05) is 5.75 Å². The maximum atomic E-state index is 12.4. The predicted molar refractivity (Wildman–Crippen MR) is 118 cm³/mol. The third-order valence-electron chi connectivity index (χ3n) is 4.76. The lowest BCUT2D eigenvalue weighted by atomic mass is 10.1. The lowest BCUT2D eigenvalue weighted by molar-refractivity contribution is 0.0977. The van der Waals surface area contributed by atoms with E-state index in [0.29, 0.717) is 18.8 Å². The second kappa shape index (κ2) is 9.09. The summed E-state index contributed by atoms with van der Waals surface area (Å²) in [5, 5.41) is 2.25. The number of halogens is 1. The first kappa shape index (κ1) is 21.5. The maximum Gasteiger partial charge on any atom is 0.284 e. The van der Waals surface area contributed by atoms with Crippen LogP contribution in [0.5, 0.6) is 0 Å². The Morgan fingerprint density at radius 1 is 1.17 bits per heavy atom. The van der Waals surface area contributed by atoms with Gasteiger partial charge in [-0.05, 0) is 45.6 Å². The summed E-state index contributed by atoms with van der Waals surface area (Å²) in [7, 11) is -3.65. The van der Waals surface area contributed by atoms with Crippen LogP contribution in [0, 0.1) is 6.92 Å². The first-order chi connectivity index (χ1) is 13.8. The molecule has 2 aromatic carbocycles. The van der Waals surface area contributed by atoms with Crippen LogP contribution in [-0.4, -0.2) is 29.6 Å². The molecule has 1 amide bonds. The highest BCUT2D eigenvalue weighted by atomic mass is 79.9. The SMILES string of the molecule is CCCCCS(=O)(=O)NC(=O)c1cn(Cc2ccc3ccccc3c2Br)c(C)n1. The van der Waals surface area contributed by atoms with Crippen LogP contribution in [-0.2, 0) is 16.6 Å². The summed E-state index contributed by atoms with van der Waals surface area (Å²) in [5.74, 6) is -0.115. The summed E-state index contributed by atoms with van der Waals surface area (Å²) in [6.45, 7) is 4.30. The van der Waals surface area contributed by atoms with Gasteiger partial charge in [0.15, 0.2) is 0 Å². The fourth-order valence-electron chi connectivity index (χ4n) is 3.15. The van der Waals surface area contributed by atoms with E-state index in [4.69, 9.17) is 0 Å². The van der Waals surface area contributed by atoms with Crippen molar-refractivity contribution in [1.82, 2.24) is 14.3 Å². The van der Waals surface area contributed by atoms with Gasteiger partial charge in [0.05, 0.1) is 5.75 Å². The van der Waals surface area contributed by atoms with Crippen LogP contribution in [0.1, 0.15) is 48.1 Å². The van der Waals surface area contributed by atoms with E-state index in [1.165, 1.54) is 0 Å². The molecular formula is C21H24BrN3O3S. The van der Waals surface area contributed by atoms with E-state index in [1.54, 1.807) is 13.1 Å². The van der Waals surface area contributed by atoms with Gasteiger partial charge in [0.1, 0.15) is 11.5 Å². The molecule has 0 radical (unpaired) electrons. The van der Waals surface area contributed by atoms with Crippen molar-refractivity contribution >= 4 is 42.6 Å². The minimum atomic E-state index is -3.65. The lowest BCUT2D eigenvalue weighted by Crippen LogP contribution is -2.32. The van der Waals surface area contributed by atoms with E-state index >= 15 is 0 Å². The molecule has 8 heteroatoms. The van der Waals surface area contributed by atoms with E-state index in [9.17, 15) is 13.2 Å². The summed E-state index contributed by atoms with van der Waals surface area (Å²) >= 11 is 3.68. The van der Waals surface area contributed by atoms with Crippen LogP contribution >= 0.6 is 15.9 Å². The van der Waals surface area contributed by atoms with Gasteiger partial charge in [-0.1, -0.05) is 56.2 Å². The number of carbonyl (C=O) groups is 1. The average Bonchev–Trinajstić information content (AvgIpc) is 3.05. The molecule has 3 rings (SSSR count). The molecule has 0 bridgehead atoms. The summed E-state index contributed by atoms with van der Waals surface area (Å²) in [5.41, 5.74) is 1.14. The van der Waals surface area contributed by atoms with Crippen LogP contribution in [0.4, 0.5) is 0 Å². The lowest BCUT2D eigenvalue weighted by Gasteiger charge is -2.10. The number of carbonyl (C=O) groups excluding carboxylic acids is 1. The molecule has 0 spiro atoms. The normalized spacial score (nSPS) is 11.7. The highest BCUT2D eigenvalue weighted by Crippen LogP contribution is 2.28. The molecule has 0 unspecified atom stereocenters. The number of fused-ring (bicyclic) bond motifs is 1. The molecule has 0 aliphatic rings. The number of sulfonamides is 1. The third-order valence-corrected chi connectivity index (χ3v) is 7.02. The fraction of sp³-hybridized carbons (Fsp3) is 0.333. The van der Waals surface area contributed by atoms with Gasteiger partial charge in [-0.25, -0.2) is 18.1 Å². The predicted octanol–water partition coefficient (Wildman–Crippen LogP) is 4.41. The highest BCUT2D eigenvalue weighted by Gasteiger charge is 2.19. The Morgan fingerprint density at radius 3 is 2.69 bits per heavy atom. The van der Waals surface area contributed by atoms with Gasteiger partial charge < -0.3 is 4.57 Å². The Kier molecular flexibility index (Phi) is 6.74. The summed E-state index contributed by atoms with van der Waals surface area (Å²) in [4.78, 5) is 16.6. The molecule has 0 aliphatic heterocycles. The molecular weight excluding hydrogens is 454 g/mol. The van der Waals surface area contributed by atoms with Crippen LogP contribution in [0.25, 0.3) is 10.8 Å². The zero-order valence-corrected chi connectivity index (χ0v) is 18.9. The number of unbranched alkanes of at least 4 members (excludes halogenated alkanes) is 2. The Bertz CT molecular complexity index is 1140. The Labute approximate surface area is 179 Å². The van der Waals surface area contributed by atoms with Crippen molar-refractivity contribution in [3.63, 3.8) is 0 Å². The van der Waals surface area contributed by atoms with Gasteiger partial charge in [-0.2, -0.15) is 0 Å². The maximum absolute atomic E-state index is 12.4. The first-order valence-corrected chi connectivity index (χ1v) is 12.0. The minimum absolute atomic E-state index is 0.0592. The Balaban J connectivity index is 1.77. The topological polar surface area (TPSA) is 81.1 Å². The number of amides is 1. The molecule has 3 aromatic rings. The van der Waals surface area contributed by atoms with E-state index in [-0.39, 0.29) is 11.4 Å².